The largest absolute Gasteiger partial charge is 0.460 e. The summed E-state index contributed by atoms with van der Waals surface area (Å²) in [4.78, 5) is 12.2. The Kier molecular flexibility index (Phi) is 4.14. The van der Waals surface area contributed by atoms with Gasteiger partial charge in [0.05, 0.1) is 5.41 Å². The van der Waals surface area contributed by atoms with Gasteiger partial charge in [-0.15, -0.1) is 6.58 Å². The Morgan fingerprint density at radius 1 is 1.44 bits per heavy atom. The topological polar surface area (TPSA) is 35.5 Å². The molecule has 0 N–H and O–H groups in total. The van der Waals surface area contributed by atoms with E-state index >= 15 is 0 Å². The molecular formula is C13H22O3. The van der Waals surface area contributed by atoms with E-state index in [2.05, 4.69) is 6.58 Å². The molecule has 92 valence electrons. The van der Waals surface area contributed by atoms with Gasteiger partial charge < -0.3 is 9.47 Å². The van der Waals surface area contributed by atoms with Crippen molar-refractivity contribution in [2.45, 2.75) is 45.6 Å². The molecule has 0 spiro atoms. The van der Waals surface area contributed by atoms with Gasteiger partial charge in [0.25, 0.3) is 0 Å². The van der Waals surface area contributed by atoms with Gasteiger partial charge in [-0.05, 0) is 40.0 Å². The Hall–Kier alpha value is -0.830. The second kappa shape index (κ2) is 5.00. The maximum Gasteiger partial charge on any atom is 0.313 e. The Morgan fingerprint density at radius 3 is 2.44 bits per heavy atom. The van der Waals surface area contributed by atoms with E-state index in [-0.39, 0.29) is 5.97 Å². The molecule has 1 heterocycles. The van der Waals surface area contributed by atoms with Gasteiger partial charge in [-0.1, -0.05) is 6.08 Å². The molecule has 1 aliphatic rings. The summed E-state index contributed by atoms with van der Waals surface area (Å²) >= 11 is 0. The molecule has 0 radical (unpaired) electrons. The molecule has 1 aliphatic heterocycles. The highest BCUT2D eigenvalue weighted by molar-refractivity contribution is 5.77. The number of allylic oxidation sites excluding steroid dienone is 1. The highest BCUT2D eigenvalue weighted by Crippen LogP contribution is 2.37. The Labute approximate surface area is 97.8 Å². The summed E-state index contributed by atoms with van der Waals surface area (Å²) < 4.78 is 10.8. The monoisotopic (exact) mass is 226 g/mol. The summed E-state index contributed by atoms with van der Waals surface area (Å²) in [5.74, 6) is -0.108. The first kappa shape index (κ1) is 13.2. The average molecular weight is 226 g/mol. The lowest BCUT2D eigenvalue weighted by molar-refractivity contribution is -0.173. The summed E-state index contributed by atoms with van der Waals surface area (Å²) in [7, 11) is 0. The average Bonchev–Trinajstić information content (AvgIpc) is 2.17. The molecule has 16 heavy (non-hydrogen) atoms. The van der Waals surface area contributed by atoms with Crippen LogP contribution in [0.2, 0.25) is 0 Å². The van der Waals surface area contributed by atoms with Crippen molar-refractivity contribution >= 4 is 5.97 Å². The van der Waals surface area contributed by atoms with Gasteiger partial charge in [0.1, 0.15) is 5.60 Å². The molecule has 0 saturated carbocycles. The van der Waals surface area contributed by atoms with Crippen LogP contribution < -0.4 is 0 Å². The van der Waals surface area contributed by atoms with Crippen molar-refractivity contribution in [1.82, 2.24) is 0 Å². The van der Waals surface area contributed by atoms with Crippen molar-refractivity contribution < 1.29 is 14.3 Å². The summed E-state index contributed by atoms with van der Waals surface area (Å²) in [6.07, 6.45) is 3.93. The van der Waals surface area contributed by atoms with Crippen LogP contribution in [0, 0.1) is 5.41 Å². The summed E-state index contributed by atoms with van der Waals surface area (Å²) in [5.41, 5.74) is -0.836. The number of carbonyl (C=O) groups is 1. The molecule has 3 nitrogen and oxygen atoms in total. The fourth-order valence-electron chi connectivity index (χ4n) is 1.92. The Bertz CT molecular complexity index is 257. The van der Waals surface area contributed by atoms with E-state index in [0.717, 1.165) is 12.8 Å². The zero-order valence-electron chi connectivity index (χ0n) is 10.5. The Morgan fingerprint density at radius 2 is 2.00 bits per heavy atom. The van der Waals surface area contributed by atoms with E-state index in [4.69, 9.17) is 9.47 Å². The van der Waals surface area contributed by atoms with Gasteiger partial charge in [-0.3, -0.25) is 4.79 Å². The first-order chi connectivity index (χ1) is 7.40. The molecule has 0 unspecified atom stereocenters. The van der Waals surface area contributed by atoms with Crippen molar-refractivity contribution in [3.8, 4) is 0 Å². The predicted molar refractivity (Wildman–Crippen MR) is 63.1 cm³/mol. The van der Waals surface area contributed by atoms with Crippen molar-refractivity contribution in [2.24, 2.45) is 5.41 Å². The van der Waals surface area contributed by atoms with Crippen LogP contribution in [-0.2, 0) is 14.3 Å². The second-order valence-electron chi connectivity index (χ2n) is 5.39. The lowest BCUT2D eigenvalue weighted by atomic mass is 9.77. The van der Waals surface area contributed by atoms with Crippen molar-refractivity contribution in [1.29, 1.82) is 0 Å². The summed E-state index contributed by atoms with van der Waals surface area (Å²) in [5, 5.41) is 0. The maximum atomic E-state index is 12.2. The SMILES string of the molecule is C=CCC1(C(=O)OC(C)(C)C)CCOCC1. The van der Waals surface area contributed by atoms with Crippen molar-refractivity contribution in [2.75, 3.05) is 13.2 Å². The van der Waals surface area contributed by atoms with Gasteiger partial charge in [0, 0.05) is 13.2 Å². The molecule has 0 atom stereocenters. The molecule has 1 fully saturated rings. The third-order valence-corrected chi connectivity index (χ3v) is 2.82. The third-order valence-electron chi connectivity index (χ3n) is 2.82. The van der Waals surface area contributed by atoms with E-state index in [9.17, 15) is 4.79 Å². The molecule has 0 aliphatic carbocycles. The van der Waals surface area contributed by atoms with Gasteiger partial charge in [-0.25, -0.2) is 0 Å². The van der Waals surface area contributed by atoms with E-state index < -0.39 is 11.0 Å². The smallest absolute Gasteiger partial charge is 0.313 e. The highest BCUT2D eigenvalue weighted by atomic mass is 16.6. The van der Waals surface area contributed by atoms with Crippen LogP contribution >= 0.6 is 0 Å². The van der Waals surface area contributed by atoms with E-state index in [1.54, 1.807) is 6.08 Å². The predicted octanol–water partition coefficient (Wildman–Crippen LogP) is 2.70. The molecule has 0 amide bonds. The minimum atomic E-state index is -0.427. The van der Waals surface area contributed by atoms with Crippen molar-refractivity contribution in [3.05, 3.63) is 12.7 Å². The van der Waals surface area contributed by atoms with E-state index in [1.165, 1.54) is 0 Å². The molecule has 1 rings (SSSR count). The van der Waals surface area contributed by atoms with Gasteiger partial charge in [-0.2, -0.15) is 0 Å². The molecular weight excluding hydrogens is 204 g/mol. The molecule has 0 aromatic heterocycles. The lowest BCUT2D eigenvalue weighted by Crippen LogP contribution is -2.41. The highest BCUT2D eigenvalue weighted by Gasteiger charge is 2.41. The van der Waals surface area contributed by atoms with Crippen LogP contribution in [0.3, 0.4) is 0 Å². The molecule has 3 heteroatoms. The molecule has 1 saturated heterocycles. The van der Waals surface area contributed by atoms with Crippen molar-refractivity contribution in [3.63, 3.8) is 0 Å². The Balaban J connectivity index is 2.75. The zero-order valence-corrected chi connectivity index (χ0v) is 10.5. The maximum absolute atomic E-state index is 12.2. The first-order valence-corrected chi connectivity index (χ1v) is 5.82. The van der Waals surface area contributed by atoms with Crippen LogP contribution in [0.4, 0.5) is 0 Å². The normalized spacial score (nSPS) is 20.2. The quantitative estimate of drug-likeness (QED) is 0.548. The number of rotatable bonds is 3. The van der Waals surface area contributed by atoms with Crippen LogP contribution in [0.15, 0.2) is 12.7 Å². The number of esters is 1. The van der Waals surface area contributed by atoms with Gasteiger partial charge in [0.15, 0.2) is 0 Å². The number of ether oxygens (including phenoxy) is 2. The minimum Gasteiger partial charge on any atom is -0.460 e. The third kappa shape index (κ3) is 3.34. The van der Waals surface area contributed by atoms with Crippen LogP contribution in [0.25, 0.3) is 0 Å². The standard InChI is InChI=1S/C13H22O3/c1-5-6-13(7-9-15-10-8-13)11(14)16-12(2,3)4/h5H,1,6-10H2,2-4H3. The lowest BCUT2D eigenvalue weighted by Gasteiger charge is -2.36. The number of hydrogen-bond donors (Lipinski definition) is 0. The second-order valence-corrected chi connectivity index (χ2v) is 5.39. The van der Waals surface area contributed by atoms with Gasteiger partial charge in [0.2, 0.25) is 0 Å². The van der Waals surface area contributed by atoms with E-state index in [1.807, 2.05) is 20.8 Å². The number of carbonyl (C=O) groups excluding carboxylic acids is 1. The summed E-state index contributed by atoms with van der Waals surface area (Å²) in [6, 6.07) is 0. The number of hydrogen-bond acceptors (Lipinski definition) is 3. The minimum absolute atomic E-state index is 0.108. The summed E-state index contributed by atoms with van der Waals surface area (Å²) in [6.45, 7) is 10.7. The molecule has 0 bridgehead atoms. The van der Waals surface area contributed by atoms with Crippen LogP contribution in [0.5, 0.6) is 0 Å². The van der Waals surface area contributed by atoms with Crippen LogP contribution in [0.1, 0.15) is 40.0 Å². The molecule has 0 aromatic carbocycles. The first-order valence-electron chi connectivity index (χ1n) is 5.82. The fourth-order valence-corrected chi connectivity index (χ4v) is 1.92. The van der Waals surface area contributed by atoms with E-state index in [0.29, 0.717) is 19.6 Å². The zero-order chi connectivity index (χ0) is 12.2. The molecule has 0 aromatic rings. The van der Waals surface area contributed by atoms with Crippen LogP contribution in [-0.4, -0.2) is 24.8 Å². The van der Waals surface area contributed by atoms with Gasteiger partial charge >= 0.3 is 5.97 Å². The fraction of sp³-hybridized carbons (Fsp3) is 0.769.